The zero-order valence-corrected chi connectivity index (χ0v) is 8.43. The lowest BCUT2D eigenvalue weighted by atomic mass is 9.82. The van der Waals surface area contributed by atoms with Gasteiger partial charge in [-0.3, -0.25) is 9.59 Å². The summed E-state index contributed by atoms with van der Waals surface area (Å²) in [7, 11) is 3.30. The summed E-state index contributed by atoms with van der Waals surface area (Å²) in [5.74, 6) is -1.93. The SMILES string of the molecule is CN(C)C(=O)C1CC=CCC1C(=O)O. The highest BCUT2D eigenvalue weighted by molar-refractivity contribution is 5.85. The molecule has 0 saturated carbocycles. The van der Waals surface area contributed by atoms with Gasteiger partial charge in [-0.05, 0) is 12.8 Å². The lowest BCUT2D eigenvalue weighted by Crippen LogP contribution is -2.38. The molecule has 2 atom stereocenters. The summed E-state index contributed by atoms with van der Waals surface area (Å²) in [4.78, 5) is 24.0. The van der Waals surface area contributed by atoms with Gasteiger partial charge in [0.25, 0.3) is 0 Å². The maximum Gasteiger partial charge on any atom is 0.307 e. The van der Waals surface area contributed by atoms with Crippen molar-refractivity contribution in [2.45, 2.75) is 12.8 Å². The molecule has 78 valence electrons. The Bertz CT molecular complexity index is 271. The standard InChI is InChI=1S/C10H15NO3/c1-11(2)9(12)7-5-3-4-6-8(7)10(13)14/h3-4,7-8H,5-6H2,1-2H3,(H,13,14). The third-order valence-electron chi connectivity index (χ3n) is 2.51. The molecule has 1 aliphatic rings. The molecule has 2 unspecified atom stereocenters. The number of hydrogen-bond donors (Lipinski definition) is 1. The van der Waals surface area contributed by atoms with Crippen LogP contribution in [0.3, 0.4) is 0 Å². The Balaban J connectivity index is 2.79. The van der Waals surface area contributed by atoms with Gasteiger partial charge in [0.1, 0.15) is 0 Å². The van der Waals surface area contributed by atoms with Crippen molar-refractivity contribution in [3.05, 3.63) is 12.2 Å². The van der Waals surface area contributed by atoms with Crippen molar-refractivity contribution < 1.29 is 14.7 Å². The molecule has 14 heavy (non-hydrogen) atoms. The Labute approximate surface area is 83.2 Å². The molecule has 1 aliphatic carbocycles. The first-order valence-corrected chi connectivity index (χ1v) is 4.63. The van der Waals surface area contributed by atoms with Gasteiger partial charge in [-0.15, -0.1) is 0 Å². The number of carbonyl (C=O) groups is 2. The largest absolute Gasteiger partial charge is 0.481 e. The summed E-state index contributed by atoms with van der Waals surface area (Å²) in [6.07, 6.45) is 4.71. The first-order chi connectivity index (χ1) is 6.54. The molecule has 0 radical (unpaired) electrons. The van der Waals surface area contributed by atoms with E-state index in [0.29, 0.717) is 12.8 Å². The van der Waals surface area contributed by atoms with E-state index in [1.165, 1.54) is 4.90 Å². The molecular weight excluding hydrogens is 182 g/mol. The Morgan fingerprint density at radius 1 is 1.21 bits per heavy atom. The first-order valence-electron chi connectivity index (χ1n) is 4.63. The molecule has 0 bridgehead atoms. The lowest BCUT2D eigenvalue weighted by Gasteiger charge is -2.26. The van der Waals surface area contributed by atoms with Crippen molar-refractivity contribution in [1.29, 1.82) is 0 Å². The van der Waals surface area contributed by atoms with Gasteiger partial charge in [-0.2, -0.15) is 0 Å². The van der Waals surface area contributed by atoms with Crippen molar-refractivity contribution in [2.75, 3.05) is 14.1 Å². The van der Waals surface area contributed by atoms with E-state index in [9.17, 15) is 9.59 Å². The fraction of sp³-hybridized carbons (Fsp3) is 0.600. The van der Waals surface area contributed by atoms with Gasteiger partial charge in [0, 0.05) is 14.1 Å². The Morgan fingerprint density at radius 3 is 2.14 bits per heavy atom. The summed E-state index contributed by atoms with van der Waals surface area (Å²) in [6, 6.07) is 0. The van der Waals surface area contributed by atoms with Gasteiger partial charge in [0.05, 0.1) is 11.8 Å². The molecule has 4 nitrogen and oxygen atoms in total. The van der Waals surface area contributed by atoms with Crippen molar-refractivity contribution in [2.24, 2.45) is 11.8 Å². The monoisotopic (exact) mass is 197 g/mol. The summed E-state index contributed by atoms with van der Waals surface area (Å²) in [6.45, 7) is 0. The van der Waals surface area contributed by atoms with Crippen LogP contribution < -0.4 is 0 Å². The first kappa shape index (κ1) is 10.8. The van der Waals surface area contributed by atoms with Crippen LogP contribution in [0.15, 0.2) is 12.2 Å². The minimum absolute atomic E-state index is 0.0956. The van der Waals surface area contributed by atoms with Gasteiger partial charge in [0.2, 0.25) is 5.91 Å². The van der Waals surface area contributed by atoms with Crippen LogP contribution in [-0.4, -0.2) is 36.0 Å². The van der Waals surface area contributed by atoms with E-state index in [-0.39, 0.29) is 5.91 Å². The Morgan fingerprint density at radius 2 is 1.71 bits per heavy atom. The summed E-state index contributed by atoms with van der Waals surface area (Å²) >= 11 is 0. The van der Waals surface area contributed by atoms with E-state index < -0.39 is 17.8 Å². The maximum atomic E-state index is 11.6. The topological polar surface area (TPSA) is 57.6 Å². The molecule has 0 fully saturated rings. The third-order valence-corrected chi connectivity index (χ3v) is 2.51. The second-order valence-electron chi connectivity index (χ2n) is 3.73. The molecule has 0 aromatic heterocycles. The number of allylic oxidation sites excluding steroid dienone is 2. The average Bonchev–Trinajstić information content (AvgIpc) is 2.16. The van der Waals surface area contributed by atoms with E-state index in [0.717, 1.165) is 0 Å². The van der Waals surface area contributed by atoms with E-state index in [1.54, 1.807) is 14.1 Å². The average molecular weight is 197 g/mol. The summed E-state index contributed by atoms with van der Waals surface area (Å²) in [5.41, 5.74) is 0. The van der Waals surface area contributed by atoms with Crippen molar-refractivity contribution in [1.82, 2.24) is 4.90 Å². The van der Waals surface area contributed by atoms with Gasteiger partial charge >= 0.3 is 5.97 Å². The lowest BCUT2D eigenvalue weighted by molar-refractivity contribution is -0.149. The fourth-order valence-corrected chi connectivity index (χ4v) is 1.69. The maximum absolute atomic E-state index is 11.6. The predicted octanol–water partition coefficient (Wildman–Crippen LogP) is 0.742. The summed E-state index contributed by atoms with van der Waals surface area (Å²) < 4.78 is 0. The number of nitrogens with zero attached hydrogens (tertiary/aromatic N) is 1. The van der Waals surface area contributed by atoms with Crippen LogP contribution in [0.1, 0.15) is 12.8 Å². The van der Waals surface area contributed by atoms with E-state index in [1.807, 2.05) is 12.2 Å². The van der Waals surface area contributed by atoms with E-state index >= 15 is 0 Å². The molecule has 0 saturated heterocycles. The van der Waals surface area contributed by atoms with Crippen LogP contribution in [0, 0.1) is 11.8 Å². The molecule has 0 aromatic carbocycles. The van der Waals surface area contributed by atoms with Crippen LogP contribution >= 0.6 is 0 Å². The minimum atomic E-state index is -0.880. The van der Waals surface area contributed by atoms with Crippen LogP contribution in [0.25, 0.3) is 0 Å². The quantitative estimate of drug-likeness (QED) is 0.664. The Hall–Kier alpha value is -1.32. The highest BCUT2D eigenvalue weighted by atomic mass is 16.4. The second-order valence-corrected chi connectivity index (χ2v) is 3.73. The van der Waals surface area contributed by atoms with Gasteiger partial charge in [-0.25, -0.2) is 0 Å². The van der Waals surface area contributed by atoms with Gasteiger partial charge in [-0.1, -0.05) is 12.2 Å². The smallest absolute Gasteiger partial charge is 0.307 e. The Kier molecular flexibility index (Phi) is 3.28. The molecule has 0 heterocycles. The molecule has 4 heteroatoms. The third kappa shape index (κ3) is 2.13. The van der Waals surface area contributed by atoms with Crippen molar-refractivity contribution in [3.63, 3.8) is 0 Å². The van der Waals surface area contributed by atoms with Crippen LogP contribution in [-0.2, 0) is 9.59 Å². The molecule has 0 aromatic rings. The molecule has 1 amide bonds. The molecule has 1 N–H and O–H groups in total. The number of rotatable bonds is 2. The number of amides is 1. The number of carboxylic acids is 1. The van der Waals surface area contributed by atoms with Crippen LogP contribution in [0.4, 0.5) is 0 Å². The zero-order valence-electron chi connectivity index (χ0n) is 8.43. The minimum Gasteiger partial charge on any atom is -0.481 e. The van der Waals surface area contributed by atoms with Gasteiger partial charge < -0.3 is 10.0 Å². The number of hydrogen-bond acceptors (Lipinski definition) is 2. The van der Waals surface area contributed by atoms with E-state index in [2.05, 4.69) is 0 Å². The molecule has 0 aliphatic heterocycles. The van der Waals surface area contributed by atoms with E-state index in [4.69, 9.17) is 5.11 Å². The normalized spacial score (nSPS) is 25.9. The highest BCUT2D eigenvalue weighted by Crippen LogP contribution is 2.26. The number of carboxylic acid groups (broad SMARTS) is 1. The van der Waals surface area contributed by atoms with Crippen LogP contribution in [0.5, 0.6) is 0 Å². The second kappa shape index (κ2) is 4.26. The highest BCUT2D eigenvalue weighted by Gasteiger charge is 2.34. The zero-order chi connectivity index (χ0) is 10.7. The molecular formula is C10H15NO3. The molecule has 1 rings (SSSR count). The molecule has 0 spiro atoms. The predicted molar refractivity (Wildman–Crippen MR) is 51.7 cm³/mol. The number of aliphatic carboxylic acids is 1. The van der Waals surface area contributed by atoms with Crippen molar-refractivity contribution in [3.8, 4) is 0 Å². The van der Waals surface area contributed by atoms with Crippen molar-refractivity contribution >= 4 is 11.9 Å². The fourth-order valence-electron chi connectivity index (χ4n) is 1.69. The number of carbonyl (C=O) groups excluding carboxylic acids is 1. The summed E-state index contributed by atoms with van der Waals surface area (Å²) in [5, 5.41) is 8.93. The van der Waals surface area contributed by atoms with Gasteiger partial charge in [0.15, 0.2) is 0 Å². The van der Waals surface area contributed by atoms with Crippen LogP contribution in [0.2, 0.25) is 0 Å².